The molecule has 0 atom stereocenters. The van der Waals surface area contributed by atoms with Crippen LogP contribution in [0.3, 0.4) is 0 Å². The number of pyridine rings is 2. The molecule has 2 heterocycles. The predicted octanol–water partition coefficient (Wildman–Crippen LogP) is 8.04. The van der Waals surface area contributed by atoms with Crippen LogP contribution in [0.25, 0.3) is 55.5 Å². The van der Waals surface area contributed by atoms with E-state index in [2.05, 4.69) is 107 Å². The van der Waals surface area contributed by atoms with E-state index < -0.39 is 0 Å². The standard InChI is InChI=1S/C34H20N4/c35-21-23-15-17-37-33(19-23)27-9-5-25(6-10-27)29-13-14-30(32-4-2-1-3-31(29)32)26-7-11-28(12-8-26)34-20-24(22-36)16-18-38-34/h1-20H. The van der Waals surface area contributed by atoms with Gasteiger partial charge in [0.1, 0.15) is 0 Å². The Balaban J connectivity index is 1.36. The molecule has 38 heavy (non-hydrogen) atoms. The van der Waals surface area contributed by atoms with Crippen LogP contribution in [-0.4, -0.2) is 9.97 Å². The predicted molar refractivity (Wildman–Crippen MR) is 151 cm³/mol. The quantitative estimate of drug-likeness (QED) is 0.254. The van der Waals surface area contributed by atoms with E-state index in [1.54, 1.807) is 36.7 Å². The van der Waals surface area contributed by atoms with Crippen molar-refractivity contribution in [3.63, 3.8) is 0 Å². The maximum atomic E-state index is 9.20. The fourth-order valence-corrected chi connectivity index (χ4v) is 4.76. The van der Waals surface area contributed by atoms with Gasteiger partial charge in [0.2, 0.25) is 0 Å². The maximum absolute atomic E-state index is 9.20. The third-order valence-electron chi connectivity index (χ3n) is 6.69. The van der Waals surface area contributed by atoms with E-state index in [9.17, 15) is 10.5 Å². The molecule has 6 rings (SSSR count). The average molecular weight is 485 g/mol. The smallest absolute Gasteiger partial charge is 0.0992 e. The van der Waals surface area contributed by atoms with Crippen LogP contribution in [0.15, 0.2) is 122 Å². The van der Waals surface area contributed by atoms with E-state index in [0.29, 0.717) is 11.1 Å². The van der Waals surface area contributed by atoms with Crippen LogP contribution in [0.2, 0.25) is 0 Å². The van der Waals surface area contributed by atoms with Gasteiger partial charge in [0.25, 0.3) is 0 Å². The molecule has 6 aromatic rings. The number of nitrogens with zero attached hydrogens (tertiary/aromatic N) is 4. The van der Waals surface area contributed by atoms with Crippen LogP contribution in [0.5, 0.6) is 0 Å². The molecule has 4 aromatic carbocycles. The highest BCUT2D eigenvalue weighted by Gasteiger charge is 2.11. The van der Waals surface area contributed by atoms with Gasteiger partial charge in [0.05, 0.1) is 34.7 Å². The Morgan fingerprint density at radius 1 is 0.447 bits per heavy atom. The lowest BCUT2D eigenvalue weighted by atomic mass is 9.91. The van der Waals surface area contributed by atoms with E-state index in [0.717, 1.165) is 44.8 Å². The topological polar surface area (TPSA) is 73.4 Å². The first-order valence-electron chi connectivity index (χ1n) is 12.2. The van der Waals surface area contributed by atoms with Crippen molar-refractivity contribution in [3.05, 3.63) is 133 Å². The summed E-state index contributed by atoms with van der Waals surface area (Å²) in [6.45, 7) is 0. The van der Waals surface area contributed by atoms with Crippen molar-refractivity contribution in [1.29, 1.82) is 10.5 Å². The second-order valence-electron chi connectivity index (χ2n) is 8.94. The van der Waals surface area contributed by atoms with Crippen molar-refractivity contribution >= 4 is 10.8 Å². The molecule has 0 amide bonds. The van der Waals surface area contributed by atoms with Crippen LogP contribution in [0, 0.1) is 22.7 Å². The van der Waals surface area contributed by atoms with Crippen LogP contribution in [0.4, 0.5) is 0 Å². The number of benzene rings is 4. The lowest BCUT2D eigenvalue weighted by Gasteiger charge is -2.13. The van der Waals surface area contributed by atoms with Gasteiger partial charge in [0.15, 0.2) is 0 Å². The lowest BCUT2D eigenvalue weighted by molar-refractivity contribution is 1.31. The monoisotopic (exact) mass is 484 g/mol. The van der Waals surface area contributed by atoms with E-state index in [4.69, 9.17) is 0 Å². The van der Waals surface area contributed by atoms with E-state index >= 15 is 0 Å². The maximum Gasteiger partial charge on any atom is 0.0992 e. The Hall–Kier alpha value is -5.58. The van der Waals surface area contributed by atoms with Crippen molar-refractivity contribution in [2.75, 3.05) is 0 Å². The third-order valence-corrected chi connectivity index (χ3v) is 6.69. The Labute approximate surface area is 220 Å². The van der Waals surface area contributed by atoms with Crippen molar-refractivity contribution in [3.8, 4) is 56.9 Å². The zero-order valence-corrected chi connectivity index (χ0v) is 20.3. The Morgan fingerprint density at radius 3 is 1.24 bits per heavy atom. The molecule has 0 radical (unpaired) electrons. The minimum atomic E-state index is 0.598. The summed E-state index contributed by atoms with van der Waals surface area (Å²) in [4.78, 5) is 8.84. The number of hydrogen-bond donors (Lipinski definition) is 0. The molecule has 2 aromatic heterocycles. The molecule has 0 aliphatic heterocycles. The molecule has 0 saturated carbocycles. The van der Waals surface area contributed by atoms with Crippen LogP contribution < -0.4 is 0 Å². The normalized spacial score (nSPS) is 10.6. The number of nitriles is 2. The largest absolute Gasteiger partial charge is 0.256 e. The molecule has 0 aliphatic carbocycles. The SMILES string of the molecule is N#Cc1ccnc(-c2ccc(-c3ccc(-c4ccc(-c5cc(C#N)ccn5)cc4)c4ccccc34)cc2)c1. The summed E-state index contributed by atoms with van der Waals surface area (Å²) in [5, 5.41) is 20.8. The minimum absolute atomic E-state index is 0.598. The number of rotatable bonds is 4. The summed E-state index contributed by atoms with van der Waals surface area (Å²) in [6, 6.07) is 40.8. The molecule has 4 heteroatoms. The van der Waals surface area contributed by atoms with Crippen molar-refractivity contribution in [2.24, 2.45) is 0 Å². The summed E-state index contributed by atoms with van der Waals surface area (Å²) >= 11 is 0. The Kier molecular flexibility index (Phi) is 5.91. The van der Waals surface area contributed by atoms with Gasteiger partial charge in [-0.15, -0.1) is 0 Å². The molecular formula is C34H20N4. The van der Waals surface area contributed by atoms with Gasteiger partial charge >= 0.3 is 0 Å². The van der Waals surface area contributed by atoms with Crippen molar-refractivity contribution in [2.45, 2.75) is 0 Å². The molecule has 0 unspecified atom stereocenters. The van der Waals surface area contributed by atoms with E-state index in [1.807, 2.05) is 0 Å². The second-order valence-corrected chi connectivity index (χ2v) is 8.94. The first kappa shape index (κ1) is 22.9. The summed E-state index contributed by atoms with van der Waals surface area (Å²) in [7, 11) is 0. The van der Waals surface area contributed by atoms with Gasteiger partial charge in [-0.2, -0.15) is 10.5 Å². The zero-order valence-electron chi connectivity index (χ0n) is 20.3. The summed E-state index contributed by atoms with van der Waals surface area (Å²) in [5.74, 6) is 0. The van der Waals surface area contributed by atoms with E-state index in [1.165, 1.54) is 10.8 Å². The highest BCUT2D eigenvalue weighted by molar-refractivity contribution is 6.05. The molecule has 0 spiro atoms. The first-order chi connectivity index (χ1) is 18.7. The lowest BCUT2D eigenvalue weighted by Crippen LogP contribution is -1.88. The number of fused-ring (bicyclic) bond motifs is 1. The van der Waals surface area contributed by atoms with Crippen LogP contribution >= 0.6 is 0 Å². The molecule has 0 N–H and O–H groups in total. The third kappa shape index (κ3) is 4.28. The highest BCUT2D eigenvalue weighted by Crippen LogP contribution is 2.36. The Bertz CT molecular complexity index is 1730. The van der Waals surface area contributed by atoms with Gasteiger partial charge in [-0.25, -0.2) is 0 Å². The van der Waals surface area contributed by atoms with Crippen molar-refractivity contribution < 1.29 is 0 Å². The molecule has 0 bridgehead atoms. The zero-order chi connectivity index (χ0) is 25.9. The fraction of sp³-hybridized carbons (Fsp3) is 0. The van der Waals surface area contributed by atoms with Gasteiger partial charge in [-0.05, 0) is 57.3 Å². The average Bonchev–Trinajstić information content (AvgIpc) is 3.01. The van der Waals surface area contributed by atoms with Gasteiger partial charge in [-0.1, -0.05) is 84.9 Å². The molecule has 176 valence electrons. The highest BCUT2D eigenvalue weighted by atomic mass is 14.7. The Morgan fingerprint density at radius 2 is 0.842 bits per heavy atom. The summed E-state index contributed by atoms with van der Waals surface area (Å²) in [5.41, 5.74) is 9.26. The molecule has 0 aliphatic rings. The summed E-state index contributed by atoms with van der Waals surface area (Å²) < 4.78 is 0. The van der Waals surface area contributed by atoms with Gasteiger partial charge in [-0.3, -0.25) is 9.97 Å². The minimum Gasteiger partial charge on any atom is -0.256 e. The van der Waals surface area contributed by atoms with E-state index in [-0.39, 0.29) is 0 Å². The van der Waals surface area contributed by atoms with Gasteiger partial charge in [0, 0.05) is 23.5 Å². The van der Waals surface area contributed by atoms with Crippen LogP contribution in [0.1, 0.15) is 11.1 Å². The number of hydrogen-bond acceptors (Lipinski definition) is 4. The van der Waals surface area contributed by atoms with Crippen molar-refractivity contribution in [1.82, 2.24) is 9.97 Å². The van der Waals surface area contributed by atoms with Gasteiger partial charge < -0.3 is 0 Å². The first-order valence-corrected chi connectivity index (χ1v) is 12.2. The summed E-state index contributed by atoms with van der Waals surface area (Å²) in [6.07, 6.45) is 3.33. The molecule has 0 fully saturated rings. The number of aromatic nitrogens is 2. The fourth-order valence-electron chi connectivity index (χ4n) is 4.76. The molecule has 0 saturated heterocycles. The molecule has 4 nitrogen and oxygen atoms in total. The van der Waals surface area contributed by atoms with Crippen LogP contribution in [-0.2, 0) is 0 Å². The molecular weight excluding hydrogens is 464 g/mol. The second kappa shape index (κ2) is 9.82.